The first-order chi connectivity index (χ1) is 12.8. The fourth-order valence-electron chi connectivity index (χ4n) is 2.79. The van der Waals surface area contributed by atoms with Gasteiger partial charge in [-0.3, -0.25) is 9.59 Å². The zero-order valence-electron chi connectivity index (χ0n) is 15.7. The number of carboxylic acid groups (broad SMARTS) is 1. The van der Waals surface area contributed by atoms with Crippen LogP contribution in [0.2, 0.25) is 0 Å². The Kier molecular flexibility index (Phi) is 6.28. The van der Waals surface area contributed by atoms with Crippen molar-refractivity contribution >= 4 is 11.9 Å². The van der Waals surface area contributed by atoms with Crippen molar-refractivity contribution in [2.75, 3.05) is 21.3 Å². The second-order valence-corrected chi connectivity index (χ2v) is 6.16. The van der Waals surface area contributed by atoms with Crippen LogP contribution in [0.3, 0.4) is 0 Å². The molecule has 0 saturated heterocycles. The molecule has 0 aliphatic rings. The monoisotopic (exact) mass is 373 g/mol. The molecule has 0 aliphatic carbocycles. The second-order valence-electron chi connectivity index (χ2n) is 6.16. The molecule has 2 aromatic carbocycles. The maximum atomic E-state index is 12.8. The summed E-state index contributed by atoms with van der Waals surface area (Å²) in [6.45, 7) is 1.66. The number of nitrogens with one attached hydrogen (secondary N) is 1. The minimum Gasteiger partial charge on any atom is -0.497 e. The molecule has 7 heteroatoms. The van der Waals surface area contributed by atoms with Gasteiger partial charge in [0.15, 0.2) is 11.5 Å². The average molecular weight is 373 g/mol. The summed E-state index contributed by atoms with van der Waals surface area (Å²) in [4.78, 5) is 24.2. The lowest BCUT2D eigenvalue weighted by Gasteiger charge is -2.30. The van der Waals surface area contributed by atoms with E-state index in [9.17, 15) is 14.7 Å². The van der Waals surface area contributed by atoms with Crippen LogP contribution in [0.1, 0.15) is 29.3 Å². The Labute approximate surface area is 157 Å². The normalized spacial score (nSPS) is 12.6. The van der Waals surface area contributed by atoms with Crippen LogP contribution < -0.4 is 19.5 Å². The van der Waals surface area contributed by atoms with Gasteiger partial charge in [0.1, 0.15) is 5.75 Å². The van der Waals surface area contributed by atoms with E-state index < -0.39 is 17.4 Å². The van der Waals surface area contributed by atoms with Gasteiger partial charge in [0.2, 0.25) is 0 Å². The van der Waals surface area contributed by atoms with Gasteiger partial charge >= 0.3 is 5.97 Å². The largest absolute Gasteiger partial charge is 0.497 e. The summed E-state index contributed by atoms with van der Waals surface area (Å²) in [5.74, 6) is 0.0153. The third kappa shape index (κ3) is 4.69. The summed E-state index contributed by atoms with van der Waals surface area (Å²) >= 11 is 0. The number of methoxy groups -OCH3 is 3. The molecule has 0 aliphatic heterocycles. The number of rotatable bonds is 8. The Morgan fingerprint density at radius 1 is 1.00 bits per heavy atom. The van der Waals surface area contributed by atoms with E-state index in [0.29, 0.717) is 28.4 Å². The highest BCUT2D eigenvalue weighted by atomic mass is 16.5. The van der Waals surface area contributed by atoms with E-state index in [-0.39, 0.29) is 6.42 Å². The highest BCUT2D eigenvalue weighted by molar-refractivity contribution is 5.95. The van der Waals surface area contributed by atoms with Gasteiger partial charge in [-0.25, -0.2) is 0 Å². The number of carbonyl (C=O) groups excluding carboxylic acids is 1. The fraction of sp³-hybridized carbons (Fsp3) is 0.300. The molecule has 2 rings (SSSR count). The van der Waals surface area contributed by atoms with Gasteiger partial charge in [-0.15, -0.1) is 0 Å². The summed E-state index contributed by atoms with van der Waals surface area (Å²) in [6, 6.07) is 11.7. The summed E-state index contributed by atoms with van der Waals surface area (Å²) in [7, 11) is 4.50. The molecular weight excluding hydrogens is 350 g/mol. The molecule has 0 aromatic heterocycles. The summed E-state index contributed by atoms with van der Waals surface area (Å²) in [6.07, 6.45) is -0.292. The Morgan fingerprint density at radius 3 is 2.30 bits per heavy atom. The number of hydrogen-bond acceptors (Lipinski definition) is 5. The molecule has 1 unspecified atom stereocenters. The van der Waals surface area contributed by atoms with Crippen LogP contribution in [0.25, 0.3) is 0 Å². The first kappa shape index (κ1) is 20.1. The van der Waals surface area contributed by atoms with Crippen molar-refractivity contribution in [1.29, 1.82) is 0 Å². The molecule has 0 bridgehead atoms. The SMILES string of the molecule is COc1cccc(C(C)(CC(=O)O)NC(=O)c2ccc(OC)c(OC)c2)c1. The fourth-order valence-corrected chi connectivity index (χ4v) is 2.79. The molecule has 0 saturated carbocycles. The van der Waals surface area contributed by atoms with E-state index in [1.807, 2.05) is 0 Å². The quantitative estimate of drug-likeness (QED) is 0.739. The van der Waals surface area contributed by atoms with E-state index in [4.69, 9.17) is 14.2 Å². The molecule has 1 atom stereocenters. The van der Waals surface area contributed by atoms with Gasteiger partial charge in [0.05, 0.1) is 33.3 Å². The van der Waals surface area contributed by atoms with Gasteiger partial charge in [0, 0.05) is 5.56 Å². The van der Waals surface area contributed by atoms with E-state index in [1.54, 1.807) is 49.4 Å². The third-order valence-electron chi connectivity index (χ3n) is 4.25. The molecule has 1 amide bonds. The van der Waals surface area contributed by atoms with E-state index in [1.165, 1.54) is 21.3 Å². The van der Waals surface area contributed by atoms with Crippen LogP contribution in [0.4, 0.5) is 0 Å². The predicted octanol–water partition coefficient (Wildman–Crippen LogP) is 2.83. The lowest BCUT2D eigenvalue weighted by Crippen LogP contribution is -2.45. The van der Waals surface area contributed by atoms with Crippen LogP contribution in [-0.4, -0.2) is 38.3 Å². The van der Waals surface area contributed by atoms with Crippen LogP contribution in [0.5, 0.6) is 17.2 Å². The third-order valence-corrected chi connectivity index (χ3v) is 4.25. The summed E-state index contributed by atoms with van der Waals surface area (Å²) in [5.41, 5.74) is -0.185. The number of aliphatic carboxylic acids is 1. The topological polar surface area (TPSA) is 94.1 Å². The molecule has 7 nitrogen and oxygen atoms in total. The number of carboxylic acids is 1. The highest BCUT2D eigenvalue weighted by Crippen LogP contribution is 2.30. The molecular formula is C20H23NO6. The zero-order valence-corrected chi connectivity index (χ0v) is 15.7. The van der Waals surface area contributed by atoms with Crippen LogP contribution in [0, 0.1) is 0 Å². The van der Waals surface area contributed by atoms with Crippen molar-refractivity contribution in [2.24, 2.45) is 0 Å². The number of amides is 1. The van der Waals surface area contributed by atoms with Crippen LogP contribution in [0.15, 0.2) is 42.5 Å². The van der Waals surface area contributed by atoms with E-state index in [0.717, 1.165) is 0 Å². The predicted molar refractivity (Wildman–Crippen MR) is 99.6 cm³/mol. The first-order valence-corrected chi connectivity index (χ1v) is 8.24. The van der Waals surface area contributed by atoms with Crippen molar-refractivity contribution in [1.82, 2.24) is 5.32 Å². The lowest BCUT2D eigenvalue weighted by atomic mass is 9.88. The summed E-state index contributed by atoms with van der Waals surface area (Å²) in [5, 5.41) is 12.2. The van der Waals surface area contributed by atoms with Crippen molar-refractivity contribution in [2.45, 2.75) is 18.9 Å². The Bertz CT molecular complexity index is 835. The summed E-state index contributed by atoms with van der Waals surface area (Å²) < 4.78 is 15.6. The Balaban J connectivity index is 2.37. The van der Waals surface area contributed by atoms with Crippen LogP contribution in [-0.2, 0) is 10.3 Å². The molecule has 0 radical (unpaired) electrons. The first-order valence-electron chi connectivity index (χ1n) is 8.24. The van der Waals surface area contributed by atoms with Gasteiger partial charge in [-0.2, -0.15) is 0 Å². The highest BCUT2D eigenvalue weighted by Gasteiger charge is 2.32. The molecule has 0 heterocycles. The molecule has 27 heavy (non-hydrogen) atoms. The number of ether oxygens (including phenoxy) is 3. The lowest BCUT2D eigenvalue weighted by molar-refractivity contribution is -0.138. The van der Waals surface area contributed by atoms with E-state index >= 15 is 0 Å². The number of carbonyl (C=O) groups is 2. The molecule has 0 fully saturated rings. The molecule has 2 N–H and O–H groups in total. The minimum absolute atomic E-state index is 0.292. The smallest absolute Gasteiger partial charge is 0.306 e. The Morgan fingerprint density at radius 2 is 1.70 bits per heavy atom. The van der Waals surface area contributed by atoms with E-state index in [2.05, 4.69) is 5.32 Å². The van der Waals surface area contributed by atoms with Crippen molar-refractivity contribution in [3.8, 4) is 17.2 Å². The van der Waals surface area contributed by atoms with Crippen molar-refractivity contribution in [3.05, 3.63) is 53.6 Å². The molecule has 2 aromatic rings. The maximum absolute atomic E-state index is 12.8. The maximum Gasteiger partial charge on any atom is 0.306 e. The van der Waals surface area contributed by atoms with Crippen molar-refractivity contribution in [3.63, 3.8) is 0 Å². The standard InChI is InChI=1S/C20H23NO6/c1-20(12-18(22)23,14-6-5-7-15(11-14)25-2)21-19(24)13-8-9-16(26-3)17(10-13)27-4/h5-11H,12H2,1-4H3,(H,21,24)(H,22,23). The van der Waals surface area contributed by atoms with Crippen molar-refractivity contribution < 1.29 is 28.9 Å². The van der Waals surface area contributed by atoms with Gasteiger partial charge in [-0.05, 0) is 42.8 Å². The average Bonchev–Trinajstić information content (AvgIpc) is 2.66. The van der Waals surface area contributed by atoms with Gasteiger partial charge in [0.25, 0.3) is 5.91 Å². The number of hydrogen-bond donors (Lipinski definition) is 2. The molecule has 144 valence electrons. The van der Waals surface area contributed by atoms with Gasteiger partial charge < -0.3 is 24.6 Å². The molecule has 0 spiro atoms. The second kappa shape index (κ2) is 8.44. The number of benzene rings is 2. The minimum atomic E-state index is -1.13. The van der Waals surface area contributed by atoms with Crippen LogP contribution >= 0.6 is 0 Å². The van der Waals surface area contributed by atoms with Gasteiger partial charge in [-0.1, -0.05) is 12.1 Å². The zero-order chi connectivity index (χ0) is 20.0. The Hall–Kier alpha value is -3.22.